The van der Waals surface area contributed by atoms with E-state index >= 15 is 0 Å². The highest BCUT2D eigenvalue weighted by atomic mass is 16.6. The predicted octanol–water partition coefficient (Wildman–Crippen LogP) is 0.313. The highest BCUT2D eigenvalue weighted by Gasteiger charge is 2.04. The number of aliphatic carboxylic acids is 1. The molecule has 0 aliphatic carbocycles. The molecule has 0 radical (unpaired) electrons. The molecular formula is C36H62N2O17. The van der Waals surface area contributed by atoms with Crippen molar-refractivity contribution in [3.8, 4) is 0 Å². The summed E-state index contributed by atoms with van der Waals surface area (Å²) in [5.74, 6) is -1.53. The Morgan fingerprint density at radius 1 is 0.418 bits per heavy atom. The summed E-state index contributed by atoms with van der Waals surface area (Å²) < 4.78 is 69.6. The van der Waals surface area contributed by atoms with E-state index in [-0.39, 0.29) is 13.2 Å². The van der Waals surface area contributed by atoms with Crippen LogP contribution in [0.4, 0.5) is 4.79 Å². The quantitative estimate of drug-likeness (QED) is 0.0760. The van der Waals surface area contributed by atoms with Crippen molar-refractivity contribution in [3.05, 3.63) is 35.9 Å². The van der Waals surface area contributed by atoms with Gasteiger partial charge >= 0.3 is 12.1 Å². The summed E-state index contributed by atoms with van der Waals surface area (Å²) in [4.78, 5) is 33.3. The molecule has 0 saturated carbocycles. The fourth-order valence-electron chi connectivity index (χ4n) is 3.85. The zero-order valence-corrected chi connectivity index (χ0v) is 32.0. The van der Waals surface area contributed by atoms with Gasteiger partial charge in [-0.3, -0.25) is 4.79 Å². The molecule has 0 fully saturated rings. The molecule has 0 heterocycles. The number of carbonyl (C=O) groups is 3. The molecule has 1 aromatic rings. The standard InChI is InChI=1S/C36H62N2O17/c39-34(31-54-32-35(40)41)37-6-8-43-10-12-45-14-16-47-18-20-49-22-24-51-26-28-53-29-27-52-25-23-50-21-19-48-17-15-46-13-11-44-9-7-38-36(42)55-30-33-4-2-1-3-5-33/h1-5H,6-32H2,(H,37,39)(H,38,42)(H,40,41). The number of rotatable bonds is 42. The lowest BCUT2D eigenvalue weighted by Gasteiger charge is -2.09. The predicted molar refractivity (Wildman–Crippen MR) is 195 cm³/mol. The van der Waals surface area contributed by atoms with Crippen molar-refractivity contribution in [3.63, 3.8) is 0 Å². The molecule has 0 saturated heterocycles. The molecule has 0 bridgehead atoms. The summed E-state index contributed by atoms with van der Waals surface area (Å²) in [5, 5.41) is 13.6. The molecule has 2 amide bonds. The van der Waals surface area contributed by atoms with Crippen molar-refractivity contribution in [2.24, 2.45) is 0 Å². The smallest absolute Gasteiger partial charge is 0.407 e. The second-order valence-corrected chi connectivity index (χ2v) is 11.0. The topological polar surface area (TPSA) is 215 Å². The Morgan fingerprint density at radius 3 is 1.09 bits per heavy atom. The van der Waals surface area contributed by atoms with Crippen LogP contribution < -0.4 is 10.6 Å². The van der Waals surface area contributed by atoms with Crippen molar-refractivity contribution < 1.29 is 81.1 Å². The third kappa shape index (κ3) is 39.0. The SMILES string of the molecule is O=C(O)COCC(=O)NCCOCCOCCOCCOCCOCCOCCOCCOCCOCCOCCOCCNC(=O)OCc1ccccc1. The molecule has 0 atom stereocenters. The Bertz CT molecular complexity index is 1010. The first-order valence-corrected chi connectivity index (χ1v) is 18.4. The number of nitrogens with one attached hydrogen (secondary N) is 2. The Balaban J connectivity index is 1.64. The highest BCUT2D eigenvalue weighted by molar-refractivity contribution is 5.77. The van der Waals surface area contributed by atoms with E-state index in [2.05, 4.69) is 15.4 Å². The lowest BCUT2D eigenvalue weighted by molar-refractivity contribution is -0.143. The minimum Gasteiger partial charge on any atom is -0.480 e. The third-order valence-corrected chi connectivity index (χ3v) is 6.48. The van der Waals surface area contributed by atoms with Crippen molar-refractivity contribution in [1.29, 1.82) is 0 Å². The summed E-state index contributed by atoms with van der Waals surface area (Å²) >= 11 is 0. The van der Waals surface area contributed by atoms with Gasteiger partial charge in [0.15, 0.2) is 0 Å². The third-order valence-electron chi connectivity index (χ3n) is 6.48. The van der Waals surface area contributed by atoms with Gasteiger partial charge in [0, 0.05) is 13.1 Å². The van der Waals surface area contributed by atoms with Crippen LogP contribution in [-0.2, 0) is 77.8 Å². The summed E-state index contributed by atoms with van der Waals surface area (Å²) in [6, 6.07) is 9.48. The second-order valence-electron chi connectivity index (χ2n) is 11.0. The summed E-state index contributed by atoms with van der Waals surface area (Å²) in [6.45, 7) is 9.72. The molecule has 1 rings (SSSR count). The number of amides is 2. The normalized spacial score (nSPS) is 11.1. The van der Waals surface area contributed by atoms with Gasteiger partial charge in [-0.15, -0.1) is 0 Å². The van der Waals surface area contributed by atoms with E-state index in [9.17, 15) is 14.4 Å². The summed E-state index contributed by atoms with van der Waals surface area (Å²) in [5.41, 5.74) is 0.930. The van der Waals surface area contributed by atoms with Crippen LogP contribution in [-0.4, -0.2) is 195 Å². The van der Waals surface area contributed by atoms with Gasteiger partial charge in [-0.1, -0.05) is 30.3 Å². The minimum absolute atomic E-state index is 0.229. The van der Waals surface area contributed by atoms with E-state index in [0.29, 0.717) is 158 Å². The first-order valence-electron chi connectivity index (χ1n) is 18.4. The maximum atomic E-state index is 11.6. The van der Waals surface area contributed by atoms with Crippen molar-refractivity contribution in [1.82, 2.24) is 10.6 Å². The molecule has 1 aromatic carbocycles. The Labute approximate surface area is 323 Å². The zero-order chi connectivity index (χ0) is 39.5. The monoisotopic (exact) mass is 794 g/mol. The number of carboxylic acids is 1. The fraction of sp³-hybridized carbons (Fsp3) is 0.750. The second kappa shape index (κ2) is 40.6. The molecule has 0 aromatic heterocycles. The van der Waals surface area contributed by atoms with Crippen LogP contribution in [0.1, 0.15) is 5.56 Å². The van der Waals surface area contributed by atoms with E-state index in [0.717, 1.165) is 5.56 Å². The number of ether oxygens (including phenoxy) is 13. The van der Waals surface area contributed by atoms with Gasteiger partial charge in [0.05, 0.1) is 145 Å². The van der Waals surface area contributed by atoms with Gasteiger partial charge in [-0.2, -0.15) is 0 Å². The average Bonchev–Trinajstić information content (AvgIpc) is 3.18. The van der Waals surface area contributed by atoms with Gasteiger partial charge in [-0.25, -0.2) is 9.59 Å². The van der Waals surface area contributed by atoms with Crippen LogP contribution in [0.3, 0.4) is 0 Å². The highest BCUT2D eigenvalue weighted by Crippen LogP contribution is 2.00. The molecule has 0 unspecified atom stereocenters. The van der Waals surface area contributed by atoms with Gasteiger partial charge < -0.3 is 77.3 Å². The number of hydrogen-bond donors (Lipinski definition) is 3. The van der Waals surface area contributed by atoms with Gasteiger partial charge in [0.2, 0.25) is 5.91 Å². The molecule has 19 heteroatoms. The van der Waals surface area contributed by atoms with E-state index < -0.39 is 24.6 Å². The maximum Gasteiger partial charge on any atom is 0.407 e. The van der Waals surface area contributed by atoms with Crippen LogP contribution >= 0.6 is 0 Å². The number of carbonyl (C=O) groups excluding carboxylic acids is 2. The molecule has 19 nitrogen and oxygen atoms in total. The average molecular weight is 795 g/mol. The summed E-state index contributed by atoms with van der Waals surface area (Å²) in [7, 11) is 0. The number of benzene rings is 1. The molecule has 0 spiro atoms. The van der Waals surface area contributed by atoms with Crippen molar-refractivity contribution >= 4 is 18.0 Å². The van der Waals surface area contributed by atoms with Crippen LogP contribution in [0.15, 0.2) is 30.3 Å². The van der Waals surface area contributed by atoms with Crippen LogP contribution in [0.25, 0.3) is 0 Å². The molecular weight excluding hydrogens is 732 g/mol. The lowest BCUT2D eigenvalue weighted by atomic mass is 10.2. The molecule has 0 aliphatic heterocycles. The number of carboxylic acid groups (broad SMARTS) is 1. The molecule has 318 valence electrons. The van der Waals surface area contributed by atoms with Crippen LogP contribution in [0, 0.1) is 0 Å². The first-order chi connectivity index (χ1) is 27.1. The Kier molecular flexibility index (Phi) is 36.9. The maximum absolute atomic E-state index is 11.6. The first kappa shape index (κ1) is 50.0. The number of hydrogen-bond acceptors (Lipinski definition) is 16. The van der Waals surface area contributed by atoms with E-state index in [1.54, 1.807) is 0 Å². The van der Waals surface area contributed by atoms with Gasteiger partial charge in [-0.05, 0) is 5.56 Å². The Hall–Kier alpha value is -3.05. The zero-order valence-electron chi connectivity index (χ0n) is 32.0. The Morgan fingerprint density at radius 2 is 0.745 bits per heavy atom. The fourth-order valence-corrected chi connectivity index (χ4v) is 3.85. The lowest BCUT2D eigenvalue weighted by Crippen LogP contribution is -2.31. The summed E-state index contributed by atoms with van der Waals surface area (Å²) in [6.07, 6.45) is -0.478. The number of alkyl carbamates (subject to hydrolysis) is 1. The largest absolute Gasteiger partial charge is 0.480 e. The van der Waals surface area contributed by atoms with E-state index in [4.69, 9.17) is 61.9 Å². The van der Waals surface area contributed by atoms with Crippen molar-refractivity contribution in [2.75, 3.05) is 172 Å². The van der Waals surface area contributed by atoms with E-state index in [1.807, 2.05) is 30.3 Å². The molecule has 0 aliphatic rings. The van der Waals surface area contributed by atoms with Gasteiger partial charge in [0.1, 0.15) is 19.8 Å². The molecule has 55 heavy (non-hydrogen) atoms. The minimum atomic E-state index is -1.13. The van der Waals surface area contributed by atoms with Crippen LogP contribution in [0.2, 0.25) is 0 Å². The van der Waals surface area contributed by atoms with Gasteiger partial charge in [0.25, 0.3) is 0 Å². The van der Waals surface area contributed by atoms with Crippen molar-refractivity contribution in [2.45, 2.75) is 6.61 Å². The molecule has 3 N–H and O–H groups in total. The van der Waals surface area contributed by atoms with E-state index in [1.165, 1.54) is 0 Å². The van der Waals surface area contributed by atoms with Crippen LogP contribution in [0.5, 0.6) is 0 Å².